The first-order chi connectivity index (χ1) is 15.2. The van der Waals surface area contributed by atoms with Crippen LogP contribution in [0, 0.1) is 13.8 Å². The number of aromatic hydroxyl groups is 1. The van der Waals surface area contributed by atoms with E-state index in [9.17, 15) is 18.3 Å². The van der Waals surface area contributed by atoms with Gasteiger partial charge in [-0.05, 0) is 62.2 Å². The molecule has 0 bridgehead atoms. The van der Waals surface area contributed by atoms with Crippen LogP contribution in [0.15, 0.2) is 82.8 Å². The number of amides is 1. The Kier molecular flexibility index (Phi) is 6.95. The number of hydrazone groups is 1. The first kappa shape index (κ1) is 23.0. The molecule has 8 heteroatoms. The fourth-order valence-corrected chi connectivity index (χ4v) is 4.66. The Hall–Kier alpha value is -3.65. The second-order valence-electron chi connectivity index (χ2n) is 7.36. The van der Waals surface area contributed by atoms with E-state index in [0.717, 1.165) is 15.4 Å². The van der Waals surface area contributed by atoms with Gasteiger partial charge in [0.15, 0.2) is 0 Å². The second-order valence-corrected chi connectivity index (χ2v) is 9.23. The number of para-hydroxylation sites is 1. The Morgan fingerprint density at radius 3 is 2.34 bits per heavy atom. The van der Waals surface area contributed by atoms with Gasteiger partial charge in [-0.2, -0.15) is 5.10 Å². The van der Waals surface area contributed by atoms with Gasteiger partial charge in [0, 0.05) is 5.56 Å². The van der Waals surface area contributed by atoms with Crippen LogP contribution in [-0.2, 0) is 14.8 Å². The summed E-state index contributed by atoms with van der Waals surface area (Å²) in [6, 6.07) is 20.0. The molecule has 0 atom stereocenters. The first-order valence-electron chi connectivity index (χ1n) is 9.96. The van der Waals surface area contributed by atoms with Crippen LogP contribution in [0.1, 0.15) is 23.6 Å². The Labute approximate surface area is 188 Å². The van der Waals surface area contributed by atoms with Gasteiger partial charge in [-0.15, -0.1) is 0 Å². The van der Waals surface area contributed by atoms with Crippen molar-refractivity contribution < 1.29 is 18.3 Å². The smallest absolute Gasteiger partial charge is 0.264 e. The first-order valence-corrected chi connectivity index (χ1v) is 11.4. The minimum absolute atomic E-state index is 0.0340. The van der Waals surface area contributed by atoms with Crippen molar-refractivity contribution in [3.8, 4) is 5.75 Å². The summed E-state index contributed by atoms with van der Waals surface area (Å²) in [7, 11) is -4.00. The third-order valence-electron chi connectivity index (χ3n) is 4.89. The molecule has 0 heterocycles. The van der Waals surface area contributed by atoms with Crippen LogP contribution < -0.4 is 9.73 Å². The lowest BCUT2D eigenvalue weighted by Crippen LogP contribution is -2.40. The number of aryl methyl sites for hydroxylation is 2. The molecule has 1 amide bonds. The van der Waals surface area contributed by atoms with Gasteiger partial charge < -0.3 is 5.11 Å². The van der Waals surface area contributed by atoms with E-state index in [1.54, 1.807) is 56.3 Å². The number of hydrogen-bond acceptors (Lipinski definition) is 5. The number of nitrogens with one attached hydrogen (secondary N) is 1. The second kappa shape index (κ2) is 9.65. The number of hydrogen-bond donors (Lipinski definition) is 2. The highest BCUT2D eigenvalue weighted by Gasteiger charge is 2.28. The maximum Gasteiger partial charge on any atom is 0.264 e. The predicted molar refractivity (Wildman–Crippen MR) is 125 cm³/mol. The molecule has 2 N–H and O–H groups in total. The molecule has 3 rings (SSSR count). The van der Waals surface area contributed by atoms with E-state index in [1.807, 2.05) is 19.1 Å². The van der Waals surface area contributed by atoms with Gasteiger partial charge in [0.25, 0.3) is 15.9 Å². The zero-order valence-electron chi connectivity index (χ0n) is 18.1. The summed E-state index contributed by atoms with van der Waals surface area (Å²) in [4.78, 5) is 12.8. The normalized spacial score (nSPS) is 11.8. The van der Waals surface area contributed by atoms with Crippen LogP contribution in [0.25, 0.3) is 0 Å². The van der Waals surface area contributed by atoms with E-state index in [2.05, 4.69) is 10.5 Å². The Balaban J connectivity index is 1.93. The van der Waals surface area contributed by atoms with Crippen LogP contribution in [-0.4, -0.2) is 31.7 Å². The summed E-state index contributed by atoms with van der Waals surface area (Å²) in [6.07, 6.45) is 0. The standard InChI is InChI=1S/C24H25N3O4S/c1-17-13-14-18(2)22(15-17)27(32(30,31)20-9-5-4-6-10-20)16-24(29)26-25-19(3)21-11-7-8-12-23(21)28/h4-15,28H,16H2,1-3H3,(H,26,29)/b25-19+. The van der Waals surface area contributed by atoms with Crippen LogP contribution in [0.5, 0.6) is 5.75 Å². The molecule has 0 aliphatic heterocycles. The van der Waals surface area contributed by atoms with Crippen molar-refractivity contribution in [2.45, 2.75) is 25.7 Å². The highest BCUT2D eigenvalue weighted by Crippen LogP contribution is 2.27. The van der Waals surface area contributed by atoms with E-state index in [1.165, 1.54) is 18.2 Å². The van der Waals surface area contributed by atoms with Crippen molar-refractivity contribution in [1.82, 2.24) is 5.43 Å². The highest BCUT2D eigenvalue weighted by molar-refractivity contribution is 7.92. The zero-order chi connectivity index (χ0) is 23.3. The maximum atomic E-state index is 13.4. The lowest BCUT2D eigenvalue weighted by atomic mass is 10.1. The molecule has 0 aliphatic carbocycles. The number of rotatable bonds is 7. The van der Waals surface area contributed by atoms with Crippen LogP contribution >= 0.6 is 0 Å². The third kappa shape index (κ3) is 5.15. The van der Waals surface area contributed by atoms with E-state index >= 15 is 0 Å². The molecule has 3 aromatic carbocycles. The summed E-state index contributed by atoms with van der Waals surface area (Å²) in [5.41, 5.74) is 5.27. The maximum absolute atomic E-state index is 13.4. The van der Waals surface area contributed by atoms with E-state index in [-0.39, 0.29) is 10.6 Å². The molecule has 0 saturated carbocycles. The Morgan fingerprint density at radius 1 is 1.00 bits per heavy atom. The van der Waals surface area contributed by atoms with Crippen molar-refractivity contribution in [2.75, 3.05) is 10.8 Å². The van der Waals surface area contributed by atoms with E-state index in [0.29, 0.717) is 17.0 Å². The number of nitrogens with zero attached hydrogens (tertiary/aromatic N) is 2. The van der Waals surface area contributed by atoms with Crippen molar-refractivity contribution in [3.05, 3.63) is 89.5 Å². The van der Waals surface area contributed by atoms with E-state index in [4.69, 9.17) is 0 Å². The molecule has 32 heavy (non-hydrogen) atoms. The lowest BCUT2D eigenvalue weighted by Gasteiger charge is -2.25. The quantitative estimate of drug-likeness (QED) is 0.422. The summed E-state index contributed by atoms with van der Waals surface area (Å²) in [5.74, 6) is -0.577. The number of phenols is 1. The molecule has 7 nitrogen and oxygen atoms in total. The van der Waals surface area contributed by atoms with Crippen molar-refractivity contribution in [1.29, 1.82) is 0 Å². The SMILES string of the molecule is C/C(=N\NC(=O)CN(c1cc(C)ccc1C)S(=O)(=O)c1ccccc1)c1ccccc1O. The largest absolute Gasteiger partial charge is 0.507 e. The van der Waals surface area contributed by atoms with Gasteiger partial charge in [0.05, 0.1) is 16.3 Å². The molecular formula is C24H25N3O4S. The average molecular weight is 452 g/mol. The number of phenolic OH excluding ortho intramolecular Hbond substituents is 1. The number of sulfonamides is 1. The fraction of sp³-hybridized carbons (Fsp3) is 0.167. The highest BCUT2D eigenvalue weighted by atomic mass is 32.2. The third-order valence-corrected chi connectivity index (χ3v) is 6.67. The number of benzene rings is 3. The molecule has 0 aliphatic rings. The average Bonchev–Trinajstić information content (AvgIpc) is 2.78. The van der Waals surface area contributed by atoms with Gasteiger partial charge in [-0.3, -0.25) is 9.10 Å². The van der Waals surface area contributed by atoms with Crippen molar-refractivity contribution in [2.24, 2.45) is 5.10 Å². The van der Waals surface area contributed by atoms with Gasteiger partial charge in [-0.1, -0.05) is 42.5 Å². The van der Waals surface area contributed by atoms with Gasteiger partial charge in [-0.25, -0.2) is 13.8 Å². The minimum Gasteiger partial charge on any atom is -0.507 e. The summed E-state index contributed by atoms with van der Waals surface area (Å²) >= 11 is 0. The van der Waals surface area contributed by atoms with Crippen LogP contribution in [0.3, 0.4) is 0 Å². The molecule has 166 valence electrons. The topological polar surface area (TPSA) is 99.1 Å². The number of carbonyl (C=O) groups excluding carboxylic acids is 1. The number of carbonyl (C=O) groups is 1. The Morgan fingerprint density at radius 2 is 1.66 bits per heavy atom. The fourth-order valence-electron chi connectivity index (χ4n) is 3.16. The monoisotopic (exact) mass is 451 g/mol. The van der Waals surface area contributed by atoms with Gasteiger partial charge in [0.2, 0.25) is 0 Å². The van der Waals surface area contributed by atoms with Crippen molar-refractivity contribution >= 4 is 27.3 Å². The minimum atomic E-state index is -4.00. The Bertz CT molecular complexity index is 1260. The molecule has 0 unspecified atom stereocenters. The summed E-state index contributed by atoms with van der Waals surface area (Å²) in [6.45, 7) is 4.83. The molecule has 0 fully saturated rings. The molecule has 0 saturated heterocycles. The lowest BCUT2D eigenvalue weighted by molar-refractivity contribution is -0.119. The molecule has 3 aromatic rings. The van der Waals surface area contributed by atoms with Crippen LogP contribution in [0.2, 0.25) is 0 Å². The molecule has 0 spiro atoms. The van der Waals surface area contributed by atoms with Crippen molar-refractivity contribution in [3.63, 3.8) is 0 Å². The zero-order valence-corrected chi connectivity index (χ0v) is 18.9. The molecule has 0 aromatic heterocycles. The summed E-state index contributed by atoms with van der Waals surface area (Å²) < 4.78 is 27.9. The number of anilines is 1. The predicted octanol–water partition coefficient (Wildman–Crippen LogP) is 3.74. The summed E-state index contributed by atoms with van der Waals surface area (Å²) in [5, 5.41) is 14.0. The van der Waals surface area contributed by atoms with E-state index < -0.39 is 22.5 Å². The van der Waals surface area contributed by atoms with Gasteiger partial charge in [0.1, 0.15) is 12.3 Å². The van der Waals surface area contributed by atoms with Gasteiger partial charge >= 0.3 is 0 Å². The molecule has 0 radical (unpaired) electrons. The van der Waals surface area contributed by atoms with Crippen LogP contribution in [0.4, 0.5) is 5.69 Å². The molecular weight excluding hydrogens is 426 g/mol.